The first-order chi connectivity index (χ1) is 11.3. The molecule has 1 unspecified atom stereocenters. The molecule has 1 aromatic carbocycles. The fourth-order valence-corrected chi connectivity index (χ4v) is 5.17. The maximum atomic E-state index is 8.89. The number of nitrogens with zero attached hydrogens (tertiary/aromatic N) is 1. The van der Waals surface area contributed by atoms with Gasteiger partial charge in [0.2, 0.25) is 0 Å². The molecule has 2 N–H and O–H groups in total. The van der Waals surface area contributed by atoms with Crippen LogP contribution in [0, 0.1) is 28.6 Å². The van der Waals surface area contributed by atoms with Crippen molar-refractivity contribution in [2.45, 2.75) is 57.7 Å². The van der Waals surface area contributed by atoms with Gasteiger partial charge in [-0.1, -0.05) is 26.0 Å². The van der Waals surface area contributed by atoms with Crippen molar-refractivity contribution in [3.8, 4) is 6.07 Å². The van der Waals surface area contributed by atoms with Crippen LogP contribution in [0.3, 0.4) is 0 Å². The third-order valence-electron chi connectivity index (χ3n) is 6.87. The van der Waals surface area contributed by atoms with Crippen molar-refractivity contribution in [2.75, 3.05) is 0 Å². The number of hydrogen-bond donors (Lipinski definition) is 1. The number of nitriles is 1. The van der Waals surface area contributed by atoms with Crippen LogP contribution in [0.2, 0.25) is 0 Å². The summed E-state index contributed by atoms with van der Waals surface area (Å²) in [6, 6.07) is 9.72. The van der Waals surface area contributed by atoms with E-state index >= 15 is 0 Å². The molecule has 3 aliphatic carbocycles. The van der Waals surface area contributed by atoms with Crippen molar-refractivity contribution in [1.82, 2.24) is 0 Å². The van der Waals surface area contributed by atoms with Gasteiger partial charge in [-0.3, -0.25) is 0 Å². The van der Waals surface area contributed by atoms with Crippen LogP contribution in [-0.4, -0.2) is 24.8 Å². The molecular formula is C19H25BN2O2. The molecule has 126 valence electrons. The normalized spacial score (nSPS) is 37.3. The summed E-state index contributed by atoms with van der Waals surface area (Å²) in [6.07, 6.45) is 3.20. The molecule has 1 aromatic rings. The average molecular weight is 324 g/mol. The van der Waals surface area contributed by atoms with Crippen LogP contribution in [0.1, 0.15) is 44.7 Å². The van der Waals surface area contributed by atoms with Crippen molar-refractivity contribution in [3.63, 3.8) is 0 Å². The fourth-order valence-electron chi connectivity index (χ4n) is 5.17. The Hall–Kier alpha value is -1.35. The van der Waals surface area contributed by atoms with E-state index in [0.717, 1.165) is 17.9 Å². The molecule has 0 radical (unpaired) electrons. The number of benzene rings is 1. The Balaban J connectivity index is 1.45. The lowest BCUT2D eigenvalue weighted by Crippen LogP contribution is -2.65. The Morgan fingerprint density at radius 3 is 2.62 bits per heavy atom. The molecule has 1 saturated heterocycles. The number of rotatable bonds is 3. The van der Waals surface area contributed by atoms with Gasteiger partial charge >= 0.3 is 7.12 Å². The van der Waals surface area contributed by atoms with Gasteiger partial charge in [0.1, 0.15) is 0 Å². The lowest BCUT2D eigenvalue weighted by Gasteiger charge is -2.64. The lowest BCUT2D eigenvalue weighted by atomic mass is 9.43. The smallest absolute Gasteiger partial charge is 0.404 e. The molecule has 0 amide bonds. The van der Waals surface area contributed by atoms with Crippen LogP contribution in [0.5, 0.6) is 0 Å². The van der Waals surface area contributed by atoms with Crippen LogP contribution in [0.15, 0.2) is 24.3 Å². The highest BCUT2D eigenvalue weighted by Crippen LogP contribution is 2.65. The monoisotopic (exact) mass is 324 g/mol. The maximum absolute atomic E-state index is 8.89. The molecule has 5 heteroatoms. The third kappa shape index (κ3) is 2.24. The lowest BCUT2D eigenvalue weighted by molar-refractivity contribution is -0.199. The standard InChI is InChI=1S/C19H25BN2O2/c1-18(2)14-9-15(18)19(3)16(10-14)23-20(24-19)17(22)8-12-4-6-13(11-21)7-5-12/h4-7,14-17H,8-10,22H2,1-3H3/t14?,15-,16+,17-,19-/m0/s1. The minimum Gasteiger partial charge on any atom is -0.404 e. The predicted octanol–water partition coefficient (Wildman–Crippen LogP) is 2.70. The topological polar surface area (TPSA) is 68.3 Å². The Morgan fingerprint density at radius 1 is 1.29 bits per heavy atom. The van der Waals surface area contributed by atoms with Gasteiger partial charge in [0.25, 0.3) is 0 Å². The highest BCUT2D eigenvalue weighted by Gasteiger charge is 2.68. The van der Waals surface area contributed by atoms with Crippen molar-refractivity contribution in [2.24, 2.45) is 23.0 Å². The number of nitrogens with two attached hydrogens (primary N) is 1. The Kier molecular flexibility index (Phi) is 3.58. The van der Waals surface area contributed by atoms with E-state index in [0.29, 0.717) is 23.3 Å². The van der Waals surface area contributed by atoms with Gasteiger partial charge < -0.3 is 15.0 Å². The van der Waals surface area contributed by atoms with Crippen LogP contribution < -0.4 is 5.73 Å². The van der Waals surface area contributed by atoms with Crippen LogP contribution >= 0.6 is 0 Å². The molecule has 3 saturated carbocycles. The van der Waals surface area contributed by atoms with Crippen LogP contribution in [0.25, 0.3) is 0 Å². The first-order valence-electron chi connectivity index (χ1n) is 8.92. The van der Waals surface area contributed by atoms with E-state index in [9.17, 15) is 0 Å². The second-order valence-corrected chi connectivity index (χ2v) is 8.51. The highest BCUT2D eigenvalue weighted by molar-refractivity contribution is 6.47. The summed E-state index contributed by atoms with van der Waals surface area (Å²) < 4.78 is 12.7. The summed E-state index contributed by atoms with van der Waals surface area (Å²) in [7, 11) is -0.342. The maximum Gasteiger partial charge on any atom is 0.475 e. The summed E-state index contributed by atoms with van der Waals surface area (Å²) in [4.78, 5) is 0. The van der Waals surface area contributed by atoms with Gasteiger partial charge in [-0.05, 0) is 61.1 Å². The molecule has 4 aliphatic rings. The molecule has 5 atom stereocenters. The van der Waals surface area contributed by atoms with E-state index in [4.69, 9.17) is 20.3 Å². The summed E-state index contributed by atoms with van der Waals surface area (Å²) in [5, 5.41) is 8.89. The Bertz CT molecular complexity index is 684. The van der Waals surface area contributed by atoms with Gasteiger partial charge in [-0.25, -0.2) is 0 Å². The van der Waals surface area contributed by atoms with E-state index < -0.39 is 0 Å². The second-order valence-electron chi connectivity index (χ2n) is 8.51. The minimum absolute atomic E-state index is 0.172. The molecule has 2 bridgehead atoms. The molecular weight excluding hydrogens is 299 g/mol. The highest BCUT2D eigenvalue weighted by atomic mass is 16.7. The molecule has 24 heavy (non-hydrogen) atoms. The average Bonchev–Trinajstić information content (AvgIpc) is 2.92. The van der Waals surface area contributed by atoms with Crippen molar-refractivity contribution in [1.29, 1.82) is 5.26 Å². The minimum atomic E-state index is -0.342. The largest absolute Gasteiger partial charge is 0.475 e. The molecule has 1 aliphatic heterocycles. The zero-order chi connectivity index (χ0) is 17.1. The van der Waals surface area contributed by atoms with E-state index in [1.54, 1.807) is 0 Å². The first-order valence-corrected chi connectivity index (χ1v) is 8.92. The summed E-state index contributed by atoms with van der Waals surface area (Å²) in [5.74, 6) is 1.11. The second kappa shape index (κ2) is 5.32. The summed E-state index contributed by atoms with van der Waals surface area (Å²) in [5.41, 5.74) is 8.33. The van der Waals surface area contributed by atoms with E-state index in [2.05, 4.69) is 26.8 Å². The van der Waals surface area contributed by atoms with Gasteiger partial charge in [0.05, 0.1) is 23.3 Å². The zero-order valence-electron chi connectivity index (χ0n) is 14.7. The Labute approximate surface area is 144 Å². The van der Waals surface area contributed by atoms with Crippen molar-refractivity contribution >= 4 is 7.12 Å². The van der Waals surface area contributed by atoms with Crippen molar-refractivity contribution in [3.05, 3.63) is 35.4 Å². The van der Waals surface area contributed by atoms with Crippen molar-refractivity contribution < 1.29 is 9.31 Å². The van der Waals surface area contributed by atoms with Crippen LogP contribution in [0.4, 0.5) is 0 Å². The third-order valence-corrected chi connectivity index (χ3v) is 6.87. The fraction of sp³-hybridized carbons (Fsp3) is 0.632. The van der Waals surface area contributed by atoms with E-state index in [1.165, 1.54) is 6.42 Å². The summed E-state index contributed by atoms with van der Waals surface area (Å²) >= 11 is 0. The predicted molar refractivity (Wildman–Crippen MR) is 92.9 cm³/mol. The Morgan fingerprint density at radius 2 is 2.00 bits per heavy atom. The summed E-state index contributed by atoms with van der Waals surface area (Å²) in [6.45, 7) is 6.94. The van der Waals surface area contributed by atoms with Gasteiger partial charge in [-0.15, -0.1) is 0 Å². The molecule has 5 rings (SSSR count). The molecule has 4 fully saturated rings. The van der Waals surface area contributed by atoms with Gasteiger partial charge in [0, 0.05) is 5.94 Å². The quantitative estimate of drug-likeness (QED) is 0.868. The van der Waals surface area contributed by atoms with Crippen LogP contribution in [-0.2, 0) is 15.7 Å². The first kappa shape index (κ1) is 16.1. The molecule has 0 spiro atoms. The van der Waals surface area contributed by atoms with E-state index in [-0.39, 0.29) is 24.8 Å². The van der Waals surface area contributed by atoms with Gasteiger partial charge in [-0.2, -0.15) is 5.26 Å². The molecule has 4 nitrogen and oxygen atoms in total. The molecule has 0 aromatic heterocycles. The SMILES string of the molecule is CC1(C)C2C[C@H]3OB([C@@H](N)Cc4ccc(C#N)cc4)O[C@@]3(C)[C@H]1C2. The zero-order valence-corrected chi connectivity index (χ0v) is 14.7. The van der Waals surface area contributed by atoms with E-state index in [1.807, 2.05) is 24.3 Å². The van der Waals surface area contributed by atoms with Gasteiger partial charge in [0.15, 0.2) is 0 Å². The number of hydrogen-bond acceptors (Lipinski definition) is 4. The molecule has 1 heterocycles.